The van der Waals surface area contributed by atoms with Crippen LogP contribution in [-0.4, -0.2) is 43.4 Å². The summed E-state index contributed by atoms with van der Waals surface area (Å²) in [6, 6.07) is 2.57. The van der Waals surface area contributed by atoms with Gasteiger partial charge in [-0.2, -0.15) is 0 Å². The molecule has 0 aromatic carbocycles. The lowest BCUT2D eigenvalue weighted by Crippen LogP contribution is -2.20. The van der Waals surface area contributed by atoms with E-state index in [1.807, 2.05) is 0 Å². The van der Waals surface area contributed by atoms with E-state index in [4.69, 9.17) is 9.84 Å². The normalized spacial score (nSPS) is 11.2. The van der Waals surface area contributed by atoms with Crippen molar-refractivity contribution in [3.8, 4) is 0 Å². The summed E-state index contributed by atoms with van der Waals surface area (Å²) in [5.74, 6) is -1.33. The fraction of sp³-hybridized carbons (Fsp3) is 0.400. The zero-order valence-corrected chi connectivity index (χ0v) is 10.6. The Morgan fingerprint density at radius 3 is 2.72 bits per heavy atom. The number of sulfonamides is 1. The van der Waals surface area contributed by atoms with Gasteiger partial charge in [-0.25, -0.2) is 18.2 Å². The number of pyridine rings is 1. The summed E-state index contributed by atoms with van der Waals surface area (Å²) in [5.41, 5.74) is 0.0729. The highest BCUT2D eigenvalue weighted by atomic mass is 32.2. The second kappa shape index (κ2) is 6.31. The van der Waals surface area contributed by atoms with Gasteiger partial charge in [0.2, 0.25) is 10.0 Å². The van der Waals surface area contributed by atoms with E-state index >= 15 is 0 Å². The Hall–Kier alpha value is -1.67. The minimum absolute atomic E-state index is 0.104. The number of hydrogen-bond donors (Lipinski definition) is 2. The molecule has 1 heterocycles. The highest BCUT2D eigenvalue weighted by Crippen LogP contribution is 2.08. The van der Waals surface area contributed by atoms with Crippen molar-refractivity contribution < 1.29 is 23.1 Å². The summed E-state index contributed by atoms with van der Waals surface area (Å²) in [5, 5.41) is 8.63. The van der Waals surface area contributed by atoms with Crippen molar-refractivity contribution in [2.75, 3.05) is 23.7 Å². The van der Waals surface area contributed by atoms with Crippen LogP contribution in [0.5, 0.6) is 0 Å². The molecule has 0 saturated carbocycles. The van der Waals surface area contributed by atoms with Crippen molar-refractivity contribution in [1.82, 2.24) is 4.98 Å². The van der Waals surface area contributed by atoms with Crippen molar-refractivity contribution in [1.29, 1.82) is 0 Å². The van der Waals surface area contributed by atoms with E-state index in [2.05, 4.69) is 9.71 Å². The number of carboxylic acids is 1. The monoisotopic (exact) mass is 274 g/mol. The molecule has 8 heteroatoms. The standard InChI is InChI=1S/C10H14N2O5S/c1-2-17-5-6-18(15,16)12-8-3-4-9(10(13)14)11-7-8/h3-4,7,12H,2,5-6H2,1H3,(H,13,14). The zero-order valence-electron chi connectivity index (χ0n) is 9.79. The maximum Gasteiger partial charge on any atom is 0.354 e. The molecule has 0 radical (unpaired) electrons. The predicted octanol–water partition coefficient (Wildman–Crippen LogP) is 0.558. The van der Waals surface area contributed by atoms with E-state index in [0.717, 1.165) is 6.20 Å². The van der Waals surface area contributed by atoms with Crippen LogP contribution in [0.15, 0.2) is 18.3 Å². The molecule has 100 valence electrons. The van der Waals surface area contributed by atoms with Gasteiger partial charge < -0.3 is 9.84 Å². The number of carboxylic acid groups (broad SMARTS) is 1. The first kappa shape index (κ1) is 14.4. The predicted molar refractivity (Wildman–Crippen MR) is 65.1 cm³/mol. The first-order chi connectivity index (χ1) is 8.44. The molecule has 18 heavy (non-hydrogen) atoms. The lowest BCUT2D eigenvalue weighted by molar-refractivity contribution is 0.0690. The fourth-order valence-corrected chi connectivity index (χ4v) is 2.04. The van der Waals surface area contributed by atoms with Crippen LogP contribution in [0.3, 0.4) is 0 Å². The summed E-state index contributed by atoms with van der Waals surface area (Å²) < 4.78 is 30.3. The molecule has 2 N–H and O–H groups in total. The van der Waals surface area contributed by atoms with E-state index in [-0.39, 0.29) is 23.7 Å². The van der Waals surface area contributed by atoms with Gasteiger partial charge in [0.25, 0.3) is 0 Å². The van der Waals surface area contributed by atoms with Gasteiger partial charge in [0.05, 0.1) is 24.2 Å². The highest BCUT2D eigenvalue weighted by Gasteiger charge is 2.11. The fourth-order valence-electron chi connectivity index (χ4n) is 1.12. The third-order valence-electron chi connectivity index (χ3n) is 1.96. The molecular weight excluding hydrogens is 260 g/mol. The minimum atomic E-state index is -3.50. The Labute approximate surface area is 105 Å². The summed E-state index contributed by atoms with van der Waals surface area (Å²) in [4.78, 5) is 14.2. The Morgan fingerprint density at radius 2 is 2.22 bits per heavy atom. The summed E-state index contributed by atoms with van der Waals surface area (Å²) in [6.45, 7) is 2.32. The molecule has 0 aliphatic carbocycles. The topological polar surface area (TPSA) is 106 Å². The lowest BCUT2D eigenvalue weighted by atomic mass is 10.3. The maximum absolute atomic E-state index is 11.6. The Kier molecular flexibility index (Phi) is 5.05. The van der Waals surface area contributed by atoms with Gasteiger partial charge in [-0.1, -0.05) is 0 Å². The quantitative estimate of drug-likeness (QED) is 0.704. The molecule has 1 aromatic heterocycles. The number of ether oxygens (including phenoxy) is 1. The van der Waals surface area contributed by atoms with Gasteiger partial charge in [0, 0.05) is 6.61 Å². The van der Waals surface area contributed by atoms with Crippen LogP contribution in [0, 0.1) is 0 Å². The summed E-state index contributed by atoms with van der Waals surface area (Å²) in [6.07, 6.45) is 1.15. The average molecular weight is 274 g/mol. The molecule has 0 fully saturated rings. The second-order valence-electron chi connectivity index (χ2n) is 3.36. The summed E-state index contributed by atoms with van der Waals surface area (Å²) >= 11 is 0. The smallest absolute Gasteiger partial charge is 0.354 e. The Bertz CT molecular complexity index is 498. The van der Waals surface area contributed by atoms with Gasteiger partial charge in [0.15, 0.2) is 0 Å². The van der Waals surface area contributed by atoms with Crippen molar-refractivity contribution in [3.05, 3.63) is 24.0 Å². The molecule has 0 spiro atoms. The van der Waals surface area contributed by atoms with Crippen LogP contribution >= 0.6 is 0 Å². The lowest BCUT2D eigenvalue weighted by Gasteiger charge is -2.07. The Balaban J connectivity index is 2.63. The van der Waals surface area contributed by atoms with Crippen LogP contribution < -0.4 is 4.72 Å². The number of carbonyl (C=O) groups is 1. The van der Waals surface area contributed by atoms with Gasteiger partial charge in [-0.15, -0.1) is 0 Å². The van der Waals surface area contributed by atoms with Crippen molar-refractivity contribution in [2.24, 2.45) is 0 Å². The summed E-state index contributed by atoms with van der Waals surface area (Å²) in [7, 11) is -3.50. The van der Waals surface area contributed by atoms with Crippen molar-refractivity contribution in [3.63, 3.8) is 0 Å². The molecule has 1 aromatic rings. The SMILES string of the molecule is CCOCCS(=O)(=O)Nc1ccc(C(=O)O)nc1. The van der Waals surface area contributed by atoms with E-state index < -0.39 is 16.0 Å². The molecule has 0 bridgehead atoms. The van der Waals surface area contributed by atoms with Crippen LogP contribution in [0.4, 0.5) is 5.69 Å². The third-order valence-corrected chi connectivity index (χ3v) is 3.21. The van der Waals surface area contributed by atoms with Gasteiger partial charge in [-0.05, 0) is 19.1 Å². The largest absolute Gasteiger partial charge is 0.477 e. The average Bonchev–Trinajstić information content (AvgIpc) is 2.29. The molecule has 0 saturated heterocycles. The number of aromatic nitrogens is 1. The first-order valence-corrected chi connectivity index (χ1v) is 6.87. The maximum atomic E-state index is 11.6. The number of hydrogen-bond acceptors (Lipinski definition) is 5. The Morgan fingerprint density at radius 1 is 1.50 bits per heavy atom. The van der Waals surface area contributed by atoms with Crippen LogP contribution in [0.1, 0.15) is 17.4 Å². The van der Waals surface area contributed by atoms with Crippen LogP contribution in [-0.2, 0) is 14.8 Å². The zero-order chi connectivity index (χ0) is 13.6. The van der Waals surface area contributed by atoms with Crippen molar-refractivity contribution >= 4 is 21.7 Å². The van der Waals surface area contributed by atoms with Gasteiger partial charge >= 0.3 is 5.97 Å². The number of nitrogens with zero attached hydrogens (tertiary/aromatic N) is 1. The highest BCUT2D eigenvalue weighted by molar-refractivity contribution is 7.92. The first-order valence-electron chi connectivity index (χ1n) is 5.22. The van der Waals surface area contributed by atoms with E-state index in [1.54, 1.807) is 6.92 Å². The number of nitrogens with one attached hydrogen (secondary N) is 1. The van der Waals surface area contributed by atoms with Gasteiger partial charge in [-0.3, -0.25) is 4.72 Å². The molecule has 7 nitrogen and oxygen atoms in total. The molecule has 0 atom stereocenters. The molecule has 1 rings (SSSR count). The van der Waals surface area contributed by atoms with Crippen LogP contribution in [0.25, 0.3) is 0 Å². The van der Waals surface area contributed by atoms with Crippen molar-refractivity contribution in [2.45, 2.75) is 6.92 Å². The third kappa shape index (κ3) is 4.68. The van der Waals surface area contributed by atoms with Gasteiger partial charge in [0.1, 0.15) is 5.69 Å². The molecule has 0 aliphatic heterocycles. The minimum Gasteiger partial charge on any atom is -0.477 e. The molecule has 0 unspecified atom stereocenters. The van der Waals surface area contributed by atoms with E-state index in [1.165, 1.54) is 12.1 Å². The van der Waals surface area contributed by atoms with E-state index in [0.29, 0.717) is 6.61 Å². The number of aromatic carboxylic acids is 1. The molecule has 0 amide bonds. The number of anilines is 1. The molecular formula is C10H14N2O5S. The second-order valence-corrected chi connectivity index (χ2v) is 5.20. The van der Waals surface area contributed by atoms with E-state index in [9.17, 15) is 13.2 Å². The number of rotatable bonds is 7. The molecule has 0 aliphatic rings. The van der Waals surface area contributed by atoms with Crippen LogP contribution in [0.2, 0.25) is 0 Å².